The van der Waals surface area contributed by atoms with Gasteiger partial charge in [-0.2, -0.15) is 0 Å². The molecule has 122 valence electrons. The van der Waals surface area contributed by atoms with Crippen molar-refractivity contribution in [2.24, 2.45) is 0 Å². The minimum atomic E-state index is -0.145. The quantitative estimate of drug-likeness (QED) is 0.711. The molecule has 0 bridgehead atoms. The van der Waals surface area contributed by atoms with Gasteiger partial charge in [0.2, 0.25) is 5.91 Å². The van der Waals surface area contributed by atoms with Gasteiger partial charge in [-0.3, -0.25) is 4.79 Å². The molecule has 0 fully saturated rings. The fraction of sp³-hybridized carbons (Fsp3) is 0.167. The van der Waals surface area contributed by atoms with Gasteiger partial charge in [-0.1, -0.05) is 30.7 Å². The van der Waals surface area contributed by atoms with Crippen molar-refractivity contribution in [3.8, 4) is 21.7 Å². The van der Waals surface area contributed by atoms with Crippen LogP contribution in [-0.2, 0) is 11.2 Å². The molecule has 0 spiro atoms. The second-order valence-corrected chi connectivity index (χ2v) is 6.78. The molecule has 0 unspecified atom stereocenters. The molecule has 6 heteroatoms. The number of halogens is 1. The zero-order chi connectivity index (χ0) is 17.1. The summed E-state index contributed by atoms with van der Waals surface area (Å²) in [6.07, 6.45) is 2.55. The molecule has 0 saturated heterocycles. The Bertz CT molecular complexity index is 891. The third-order valence-corrected chi connectivity index (χ3v) is 4.88. The molecule has 1 N–H and O–H groups in total. The van der Waals surface area contributed by atoms with E-state index in [0.29, 0.717) is 10.8 Å². The van der Waals surface area contributed by atoms with Crippen LogP contribution in [0.4, 0.5) is 5.82 Å². The number of anilines is 1. The number of carbonyl (C=O) groups is 1. The summed E-state index contributed by atoms with van der Waals surface area (Å²) >= 11 is 7.78. The van der Waals surface area contributed by atoms with Crippen molar-refractivity contribution >= 4 is 34.7 Å². The molecule has 3 rings (SSSR count). The standard InChI is InChI=1S/C18H16ClN3OS/c1-3-16-22-17(12-5-4-6-14(19)9-12)18(24-16)13-7-8-20-15(10-13)21-11(2)23/h4-10H,3H2,1-2H3,(H,20,21,23). The van der Waals surface area contributed by atoms with Gasteiger partial charge in [-0.15, -0.1) is 11.3 Å². The molecule has 0 saturated carbocycles. The summed E-state index contributed by atoms with van der Waals surface area (Å²) < 4.78 is 0. The summed E-state index contributed by atoms with van der Waals surface area (Å²) in [5, 5.41) is 4.45. The first kappa shape index (κ1) is 16.6. The molecule has 0 aliphatic carbocycles. The highest BCUT2D eigenvalue weighted by molar-refractivity contribution is 7.15. The van der Waals surface area contributed by atoms with Crippen molar-refractivity contribution in [3.05, 3.63) is 52.6 Å². The van der Waals surface area contributed by atoms with Crippen LogP contribution in [-0.4, -0.2) is 15.9 Å². The topological polar surface area (TPSA) is 54.9 Å². The Morgan fingerprint density at radius 3 is 2.79 bits per heavy atom. The van der Waals surface area contributed by atoms with Gasteiger partial charge in [-0.05, 0) is 36.2 Å². The molecule has 24 heavy (non-hydrogen) atoms. The number of aryl methyl sites for hydroxylation is 1. The van der Waals surface area contributed by atoms with E-state index in [0.717, 1.165) is 33.1 Å². The summed E-state index contributed by atoms with van der Waals surface area (Å²) in [5.41, 5.74) is 2.85. The van der Waals surface area contributed by atoms with Crippen molar-refractivity contribution in [2.45, 2.75) is 20.3 Å². The van der Waals surface area contributed by atoms with Crippen molar-refractivity contribution in [3.63, 3.8) is 0 Å². The van der Waals surface area contributed by atoms with Gasteiger partial charge in [0.15, 0.2) is 0 Å². The summed E-state index contributed by atoms with van der Waals surface area (Å²) in [6, 6.07) is 11.5. The lowest BCUT2D eigenvalue weighted by atomic mass is 10.1. The molecule has 0 aliphatic heterocycles. The van der Waals surface area contributed by atoms with Gasteiger partial charge in [0.1, 0.15) is 5.82 Å². The lowest BCUT2D eigenvalue weighted by molar-refractivity contribution is -0.114. The maximum Gasteiger partial charge on any atom is 0.222 e. The first-order valence-electron chi connectivity index (χ1n) is 7.56. The molecular formula is C18H16ClN3OS. The molecule has 2 aromatic heterocycles. The number of rotatable bonds is 4. The summed E-state index contributed by atoms with van der Waals surface area (Å²) in [5.74, 6) is 0.386. The Morgan fingerprint density at radius 1 is 1.25 bits per heavy atom. The monoisotopic (exact) mass is 357 g/mol. The van der Waals surface area contributed by atoms with Crippen LogP contribution in [0.5, 0.6) is 0 Å². The van der Waals surface area contributed by atoms with Crippen LogP contribution >= 0.6 is 22.9 Å². The van der Waals surface area contributed by atoms with E-state index in [-0.39, 0.29) is 5.91 Å². The van der Waals surface area contributed by atoms with Crippen LogP contribution in [0, 0.1) is 0 Å². The smallest absolute Gasteiger partial charge is 0.222 e. The highest BCUT2D eigenvalue weighted by Crippen LogP contribution is 2.38. The second-order valence-electron chi connectivity index (χ2n) is 5.26. The van der Waals surface area contributed by atoms with E-state index in [1.165, 1.54) is 6.92 Å². The number of thiazole rings is 1. The van der Waals surface area contributed by atoms with Crippen LogP contribution in [0.2, 0.25) is 5.02 Å². The number of amides is 1. The third kappa shape index (κ3) is 3.63. The average Bonchev–Trinajstić information content (AvgIpc) is 2.99. The fourth-order valence-electron chi connectivity index (χ4n) is 2.36. The molecule has 4 nitrogen and oxygen atoms in total. The van der Waals surface area contributed by atoms with E-state index in [2.05, 4.69) is 17.2 Å². The molecule has 0 aliphatic rings. The Labute approximate surface area is 149 Å². The lowest BCUT2D eigenvalue weighted by Crippen LogP contribution is -2.07. The number of nitrogens with one attached hydrogen (secondary N) is 1. The Kier molecular flexibility index (Phi) is 4.92. The van der Waals surface area contributed by atoms with E-state index in [1.807, 2.05) is 36.4 Å². The summed E-state index contributed by atoms with van der Waals surface area (Å²) in [4.78, 5) is 21.2. The van der Waals surface area contributed by atoms with E-state index in [4.69, 9.17) is 16.6 Å². The molecule has 0 atom stereocenters. The van der Waals surface area contributed by atoms with Gasteiger partial charge < -0.3 is 5.32 Å². The van der Waals surface area contributed by atoms with Crippen LogP contribution in [0.15, 0.2) is 42.6 Å². The molecule has 0 radical (unpaired) electrons. The van der Waals surface area contributed by atoms with Crippen LogP contribution in [0.1, 0.15) is 18.9 Å². The molecule has 3 aromatic rings. The Morgan fingerprint density at radius 2 is 2.08 bits per heavy atom. The highest BCUT2D eigenvalue weighted by atomic mass is 35.5. The van der Waals surface area contributed by atoms with Gasteiger partial charge in [0.05, 0.1) is 15.6 Å². The molecule has 1 aromatic carbocycles. The number of carbonyl (C=O) groups excluding carboxylic acids is 1. The van der Waals surface area contributed by atoms with Crippen molar-refractivity contribution in [1.29, 1.82) is 0 Å². The lowest BCUT2D eigenvalue weighted by Gasteiger charge is -2.06. The third-order valence-electron chi connectivity index (χ3n) is 3.40. The number of pyridine rings is 1. The zero-order valence-electron chi connectivity index (χ0n) is 13.3. The predicted octanol–water partition coefficient (Wildman–Crippen LogP) is 5.05. The highest BCUT2D eigenvalue weighted by Gasteiger charge is 2.15. The first-order chi connectivity index (χ1) is 11.6. The largest absolute Gasteiger partial charge is 0.311 e. The Hall–Kier alpha value is -2.24. The maximum absolute atomic E-state index is 11.3. The predicted molar refractivity (Wildman–Crippen MR) is 99.5 cm³/mol. The molecule has 1 amide bonds. The van der Waals surface area contributed by atoms with Crippen LogP contribution in [0.25, 0.3) is 21.7 Å². The number of aromatic nitrogens is 2. The van der Waals surface area contributed by atoms with E-state index >= 15 is 0 Å². The molecular weight excluding hydrogens is 342 g/mol. The van der Waals surface area contributed by atoms with Gasteiger partial charge in [-0.25, -0.2) is 9.97 Å². The zero-order valence-corrected chi connectivity index (χ0v) is 14.9. The van der Waals surface area contributed by atoms with Crippen molar-refractivity contribution < 1.29 is 4.79 Å². The molecule has 2 heterocycles. The van der Waals surface area contributed by atoms with Crippen LogP contribution in [0.3, 0.4) is 0 Å². The van der Waals surface area contributed by atoms with Crippen LogP contribution < -0.4 is 5.32 Å². The minimum absolute atomic E-state index is 0.145. The number of hydrogen-bond donors (Lipinski definition) is 1. The number of benzene rings is 1. The van der Waals surface area contributed by atoms with Gasteiger partial charge in [0.25, 0.3) is 0 Å². The van der Waals surface area contributed by atoms with Crippen molar-refractivity contribution in [1.82, 2.24) is 9.97 Å². The number of hydrogen-bond acceptors (Lipinski definition) is 4. The first-order valence-corrected chi connectivity index (χ1v) is 8.76. The fourth-order valence-corrected chi connectivity index (χ4v) is 3.58. The van der Waals surface area contributed by atoms with Gasteiger partial charge in [0, 0.05) is 23.7 Å². The Balaban J connectivity index is 2.11. The second kappa shape index (κ2) is 7.11. The maximum atomic E-state index is 11.3. The number of nitrogens with zero attached hydrogens (tertiary/aromatic N) is 2. The normalized spacial score (nSPS) is 10.6. The van der Waals surface area contributed by atoms with Gasteiger partial charge >= 0.3 is 0 Å². The SMILES string of the molecule is CCc1nc(-c2cccc(Cl)c2)c(-c2ccnc(NC(C)=O)c2)s1. The van der Waals surface area contributed by atoms with E-state index in [1.54, 1.807) is 17.5 Å². The van der Waals surface area contributed by atoms with E-state index < -0.39 is 0 Å². The summed E-state index contributed by atoms with van der Waals surface area (Å²) in [6.45, 7) is 3.55. The minimum Gasteiger partial charge on any atom is -0.311 e. The summed E-state index contributed by atoms with van der Waals surface area (Å²) in [7, 11) is 0. The van der Waals surface area contributed by atoms with Crippen molar-refractivity contribution in [2.75, 3.05) is 5.32 Å². The average molecular weight is 358 g/mol. The van der Waals surface area contributed by atoms with E-state index in [9.17, 15) is 4.79 Å².